The number of rotatable bonds is 6. The van der Waals surface area contributed by atoms with E-state index in [9.17, 15) is 0 Å². The predicted octanol–water partition coefficient (Wildman–Crippen LogP) is 7.93. The molecule has 0 unspecified atom stereocenters. The summed E-state index contributed by atoms with van der Waals surface area (Å²) in [4.78, 5) is 0. The molecule has 0 spiro atoms. The Bertz CT molecular complexity index is 678. The average molecular weight is 375 g/mol. The first-order chi connectivity index (χ1) is 13.7. The zero-order valence-corrected chi connectivity index (χ0v) is 18.8. The van der Waals surface area contributed by atoms with Gasteiger partial charge in [-0.15, -0.1) is 0 Å². The largest absolute Gasteiger partial charge is 0.0683 e. The Morgan fingerprint density at radius 3 is 0.750 bits per heavy atom. The summed E-state index contributed by atoms with van der Waals surface area (Å²) >= 11 is 0. The number of benzene rings is 3. The summed E-state index contributed by atoms with van der Waals surface area (Å²) in [6, 6.07) is 26.9. The van der Waals surface area contributed by atoms with E-state index in [-0.39, 0.29) is 0 Å². The molecule has 0 amide bonds. The van der Waals surface area contributed by atoms with Gasteiger partial charge in [-0.2, -0.15) is 0 Å². The van der Waals surface area contributed by atoms with Gasteiger partial charge in [0.1, 0.15) is 0 Å². The maximum Gasteiger partial charge on any atom is -0.0238 e. The highest BCUT2D eigenvalue weighted by atomic mass is 14.0. The van der Waals surface area contributed by atoms with Crippen molar-refractivity contribution < 1.29 is 0 Å². The Morgan fingerprint density at radius 2 is 0.536 bits per heavy atom. The van der Waals surface area contributed by atoms with Crippen molar-refractivity contribution in [3.8, 4) is 0 Å². The molecule has 3 aromatic carbocycles. The van der Waals surface area contributed by atoms with Crippen LogP contribution in [-0.4, -0.2) is 0 Å². The van der Waals surface area contributed by atoms with Crippen LogP contribution < -0.4 is 0 Å². The van der Waals surface area contributed by atoms with Gasteiger partial charge in [-0.3, -0.25) is 0 Å². The summed E-state index contributed by atoms with van der Waals surface area (Å²) in [5, 5.41) is 0. The van der Waals surface area contributed by atoms with Crippen molar-refractivity contribution in [2.24, 2.45) is 0 Å². The summed E-state index contributed by atoms with van der Waals surface area (Å²) < 4.78 is 0. The van der Waals surface area contributed by atoms with Gasteiger partial charge < -0.3 is 0 Å². The molecule has 0 fully saturated rings. The molecular formula is C28H38. The minimum atomic E-state index is 1.11. The fraction of sp³-hybridized carbons (Fsp3) is 0.357. The van der Waals surface area contributed by atoms with Crippen LogP contribution in [0, 0.1) is 13.8 Å². The van der Waals surface area contributed by atoms with Crippen molar-refractivity contribution in [2.75, 3.05) is 0 Å². The molecule has 0 radical (unpaired) electrons. The molecule has 150 valence electrons. The van der Waals surface area contributed by atoms with Crippen LogP contribution in [-0.2, 0) is 25.7 Å². The molecule has 0 aromatic heterocycles. The maximum atomic E-state index is 2.29. The summed E-state index contributed by atoms with van der Waals surface area (Å²) in [7, 11) is 0. The lowest BCUT2D eigenvalue weighted by Gasteiger charge is -2.06. The number of aryl methyl sites for hydroxylation is 6. The van der Waals surface area contributed by atoms with Gasteiger partial charge in [0.15, 0.2) is 0 Å². The molecular weight excluding hydrogens is 336 g/mol. The Kier molecular flexibility index (Phi) is 11.7. The Morgan fingerprint density at radius 1 is 0.357 bits per heavy atom. The smallest absolute Gasteiger partial charge is 0.0238 e. The van der Waals surface area contributed by atoms with Crippen LogP contribution in [0.15, 0.2) is 72.8 Å². The predicted molar refractivity (Wildman–Crippen MR) is 126 cm³/mol. The van der Waals surface area contributed by atoms with E-state index in [1.807, 2.05) is 27.7 Å². The van der Waals surface area contributed by atoms with E-state index in [1.165, 1.54) is 33.4 Å². The minimum Gasteiger partial charge on any atom is -0.0683 e. The summed E-state index contributed by atoms with van der Waals surface area (Å²) in [6.45, 7) is 12.3. The van der Waals surface area contributed by atoms with E-state index in [0.717, 1.165) is 25.7 Å². The van der Waals surface area contributed by atoms with E-state index < -0.39 is 0 Å². The Balaban J connectivity index is 0.000000921. The van der Waals surface area contributed by atoms with Crippen LogP contribution >= 0.6 is 0 Å². The molecule has 28 heavy (non-hydrogen) atoms. The fourth-order valence-corrected chi connectivity index (χ4v) is 2.96. The summed E-state index contributed by atoms with van der Waals surface area (Å²) in [6.07, 6.45) is 4.45. The topological polar surface area (TPSA) is 0 Å². The van der Waals surface area contributed by atoms with Crippen LogP contribution in [0.2, 0.25) is 0 Å². The van der Waals surface area contributed by atoms with Crippen molar-refractivity contribution in [3.63, 3.8) is 0 Å². The van der Waals surface area contributed by atoms with Gasteiger partial charge in [-0.05, 0) is 61.8 Å². The highest BCUT2D eigenvalue weighted by Gasteiger charge is 1.99. The van der Waals surface area contributed by atoms with Crippen LogP contribution in [0.5, 0.6) is 0 Å². The molecule has 0 aliphatic carbocycles. The second kappa shape index (κ2) is 13.8. The summed E-state index contributed by atoms with van der Waals surface area (Å²) in [5.41, 5.74) is 8.35. The highest BCUT2D eigenvalue weighted by molar-refractivity contribution is 5.27. The minimum absolute atomic E-state index is 1.11. The monoisotopic (exact) mass is 374 g/mol. The van der Waals surface area contributed by atoms with E-state index in [0.29, 0.717) is 0 Å². The molecule has 0 saturated heterocycles. The van der Waals surface area contributed by atoms with Crippen molar-refractivity contribution >= 4 is 0 Å². The van der Waals surface area contributed by atoms with Gasteiger partial charge in [0, 0.05) is 0 Å². The second-order valence-corrected chi connectivity index (χ2v) is 6.79. The van der Waals surface area contributed by atoms with Gasteiger partial charge >= 0.3 is 0 Å². The maximum absolute atomic E-state index is 2.29. The molecule has 0 atom stereocenters. The van der Waals surface area contributed by atoms with Crippen molar-refractivity contribution in [1.82, 2.24) is 0 Å². The standard InChI is InChI=1S/C24H26.2C2H6/c1-19-3-7-21(8-4-19)11-13-23-15-17-24(18-16-23)14-12-22-9-5-20(2)6-10-22;2*1-2/h3-10,15-18H,11-14H2,1-2H3;2*1-2H3. The number of hydrogen-bond acceptors (Lipinski definition) is 0. The quantitative estimate of drug-likeness (QED) is 0.411. The summed E-state index contributed by atoms with van der Waals surface area (Å²) in [5.74, 6) is 0. The van der Waals surface area contributed by atoms with Crippen LogP contribution in [0.1, 0.15) is 61.1 Å². The first kappa shape index (κ1) is 23.7. The van der Waals surface area contributed by atoms with E-state index >= 15 is 0 Å². The van der Waals surface area contributed by atoms with Crippen LogP contribution in [0.25, 0.3) is 0 Å². The molecule has 0 bridgehead atoms. The first-order valence-electron chi connectivity index (χ1n) is 10.9. The molecule has 0 heterocycles. The van der Waals surface area contributed by atoms with Crippen LogP contribution in [0.3, 0.4) is 0 Å². The van der Waals surface area contributed by atoms with Gasteiger partial charge in [-0.25, -0.2) is 0 Å². The van der Waals surface area contributed by atoms with E-state index in [4.69, 9.17) is 0 Å². The third-order valence-electron chi connectivity index (χ3n) is 4.67. The van der Waals surface area contributed by atoms with Crippen molar-refractivity contribution in [1.29, 1.82) is 0 Å². The van der Waals surface area contributed by atoms with Crippen molar-refractivity contribution in [3.05, 3.63) is 106 Å². The zero-order chi connectivity index (χ0) is 20.8. The zero-order valence-electron chi connectivity index (χ0n) is 18.8. The van der Waals surface area contributed by atoms with Gasteiger partial charge in [0.05, 0.1) is 0 Å². The lowest BCUT2D eigenvalue weighted by molar-refractivity contribution is 0.939. The fourth-order valence-electron chi connectivity index (χ4n) is 2.96. The molecule has 0 N–H and O–H groups in total. The third kappa shape index (κ3) is 8.57. The SMILES string of the molecule is CC.CC.Cc1ccc(CCc2ccc(CCc3ccc(C)cc3)cc2)cc1. The molecule has 3 rings (SSSR count). The van der Waals surface area contributed by atoms with Gasteiger partial charge in [0.25, 0.3) is 0 Å². The normalized spacial score (nSPS) is 9.64. The molecule has 0 saturated carbocycles. The van der Waals surface area contributed by atoms with Crippen LogP contribution in [0.4, 0.5) is 0 Å². The van der Waals surface area contributed by atoms with Gasteiger partial charge in [-0.1, -0.05) is 112 Å². The third-order valence-corrected chi connectivity index (χ3v) is 4.67. The molecule has 0 nitrogen and oxygen atoms in total. The number of hydrogen-bond donors (Lipinski definition) is 0. The van der Waals surface area contributed by atoms with E-state index in [2.05, 4.69) is 86.6 Å². The highest BCUT2D eigenvalue weighted by Crippen LogP contribution is 2.13. The molecule has 0 heteroatoms. The Hall–Kier alpha value is -2.34. The lowest BCUT2D eigenvalue weighted by Crippen LogP contribution is -1.94. The van der Waals surface area contributed by atoms with Gasteiger partial charge in [0.2, 0.25) is 0 Å². The molecule has 3 aromatic rings. The first-order valence-corrected chi connectivity index (χ1v) is 10.9. The lowest BCUT2D eigenvalue weighted by atomic mass is 10.00. The molecule has 0 aliphatic rings. The van der Waals surface area contributed by atoms with Crippen molar-refractivity contribution in [2.45, 2.75) is 67.2 Å². The average Bonchev–Trinajstić information content (AvgIpc) is 2.76. The molecule has 0 aliphatic heterocycles. The van der Waals surface area contributed by atoms with E-state index in [1.54, 1.807) is 0 Å². The second-order valence-electron chi connectivity index (χ2n) is 6.79. The Labute approximate surface area is 173 Å².